The lowest BCUT2D eigenvalue weighted by molar-refractivity contribution is 0.0950. The summed E-state index contributed by atoms with van der Waals surface area (Å²) in [6, 6.07) is 14.6. The van der Waals surface area contributed by atoms with Gasteiger partial charge in [0.05, 0.1) is 11.5 Å². The van der Waals surface area contributed by atoms with Crippen LogP contribution in [0.1, 0.15) is 67.9 Å². The van der Waals surface area contributed by atoms with Crippen LogP contribution < -0.4 is 10.6 Å². The van der Waals surface area contributed by atoms with Gasteiger partial charge in [-0.1, -0.05) is 45.0 Å². The van der Waals surface area contributed by atoms with Gasteiger partial charge in [0.1, 0.15) is 5.82 Å². The Kier molecular flexibility index (Phi) is 7.17. The van der Waals surface area contributed by atoms with Crippen molar-refractivity contribution < 1.29 is 14.3 Å². The number of pyridine rings is 1. The monoisotopic (exact) mass is 515 g/mol. The zero-order valence-corrected chi connectivity index (χ0v) is 22.0. The minimum absolute atomic E-state index is 0.00694. The van der Waals surface area contributed by atoms with Gasteiger partial charge in [-0.05, 0) is 72.1 Å². The molecule has 5 rings (SSSR count). The van der Waals surface area contributed by atoms with Crippen molar-refractivity contribution in [3.63, 3.8) is 0 Å². The number of anilines is 1. The van der Waals surface area contributed by atoms with Crippen molar-refractivity contribution >= 4 is 22.8 Å². The van der Waals surface area contributed by atoms with Crippen molar-refractivity contribution in [2.24, 2.45) is 0 Å². The number of aromatic amines is 1. The number of carbonyl (C=O) groups is 1. The molecular weight excluding hydrogens is 481 g/mol. The zero-order valence-electron chi connectivity index (χ0n) is 22.0. The number of hydrogen-bond donors (Lipinski definition) is 4. The number of carbonyl (C=O) groups excluding carboxylic acids is 1. The molecule has 7 nitrogen and oxygen atoms in total. The molecule has 0 spiro atoms. The van der Waals surface area contributed by atoms with Gasteiger partial charge in [0.15, 0.2) is 11.5 Å². The number of H-pyrrole nitrogens is 1. The lowest BCUT2D eigenvalue weighted by Gasteiger charge is -2.26. The zero-order chi connectivity index (χ0) is 26.9. The van der Waals surface area contributed by atoms with Crippen LogP contribution in [0, 0.1) is 5.82 Å². The highest BCUT2D eigenvalue weighted by Gasteiger charge is 2.22. The molecule has 1 aliphatic rings. The van der Waals surface area contributed by atoms with E-state index in [0.717, 1.165) is 42.2 Å². The van der Waals surface area contributed by atoms with Crippen molar-refractivity contribution in [3.8, 4) is 11.1 Å². The third-order valence-corrected chi connectivity index (χ3v) is 7.32. The molecule has 2 heterocycles. The number of benzene rings is 2. The molecule has 198 valence electrons. The summed E-state index contributed by atoms with van der Waals surface area (Å²) in [4.78, 5) is 17.0. The van der Waals surface area contributed by atoms with E-state index >= 15 is 4.39 Å². The molecule has 1 amide bonds. The van der Waals surface area contributed by atoms with E-state index in [2.05, 4.69) is 46.6 Å². The molecule has 38 heavy (non-hydrogen) atoms. The van der Waals surface area contributed by atoms with E-state index < -0.39 is 5.82 Å². The molecule has 1 aliphatic carbocycles. The normalized spacial score (nSPS) is 17.9. The van der Waals surface area contributed by atoms with Gasteiger partial charge >= 0.3 is 0 Å². The third-order valence-electron chi connectivity index (χ3n) is 7.32. The van der Waals surface area contributed by atoms with Crippen LogP contribution >= 0.6 is 0 Å². The SMILES string of the molecule is CC(C)(C)c1ccc(C(=O)NCc2ccc(-c3ccnc4[nH]nc(NC5CCC(O)CC5)c34)cc2F)cc1. The standard InChI is InChI=1S/C30H34FN5O2/c1-30(2,3)21-8-6-18(7-9-21)29(38)33-17-20-5-4-19(16-25(20)31)24-14-15-32-27-26(24)28(36-35-27)34-22-10-12-23(37)13-11-22/h4-9,14-16,22-23,37H,10-13,17H2,1-3H3,(H,33,38)(H2,32,34,35,36). The van der Waals surface area contributed by atoms with Gasteiger partial charge in [-0.3, -0.25) is 9.89 Å². The first-order chi connectivity index (χ1) is 18.2. The Bertz CT molecular complexity index is 1430. The van der Waals surface area contributed by atoms with E-state index in [4.69, 9.17) is 0 Å². The second-order valence-electron chi connectivity index (χ2n) is 11.1. The minimum Gasteiger partial charge on any atom is -0.393 e. The maximum Gasteiger partial charge on any atom is 0.251 e. The average Bonchev–Trinajstić information content (AvgIpc) is 3.31. The molecule has 4 aromatic rings. The molecule has 1 fully saturated rings. The van der Waals surface area contributed by atoms with Gasteiger partial charge in [0, 0.05) is 29.9 Å². The summed E-state index contributed by atoms with van der Waals surface area (Å²) in [5, 5.41) is 24.3. The van der Waals surface area contributed by atoms with E-state index in [1.54, 1.807) is 24.4 Å². The number of rotatable bonds is 6. The predicted octanol–water partition coefficient (Wildman–Crippen LogP) is 5.71. The number of aliphatic hydroxyl groups excluding tert-OH is 1. The van der Waals surface area contributed by atoms with Gasteiger partial charge in [0.2, 0.25) is 0 Å². The van der Waals surface area contributed by atoms with Crippen molar-refractivity contribution in [3.05, 3.63) is 77.2 Å². The third kappa shape index (κ3) is 5.55. The van der Waals surface area contributed by atoms with Crippen molar-refractivity contribution in [2.75, 3.05) is 5.32 Å². The molecule has 2 aromatic carbocycles. The number of hydrogen-bond acceptors (Lipinski definition) is 5. The smallest absolute Gasteiger partial charge is 0.251 e. The van der Waals surface area contributed by atoms with Gasteiger partial charge < -0.3 is 15.7 Å². The molecule has 0 unspecified atom stereocenters. The van der Waals surface area contributed by atoms with Crippen LogP contribution in [0.2, 0.25) is 0 Å². The Hall–Kier alpha value is -3.78. The summed E-state index contributed by atoms with van der Waals surface area (Å²) in [5.41, 5.74) is 4.24. The number of halogens is 1. The average molecular weight is 516 g/mol. The highest BCUT2D eigenvalue weighted by Crippen LogP contribution is 2.34. The number of nitrogens with one attached hydrogen (secondary N) is 3. The second-order valence-corrected chi connectivity index (χ2v) is 11.1. The van der Waals surface area contributed by atoms with Crippen molar-refractivity contribution in [1.29, 1.82) is 0 Å². The Morgan fingerprint density at radius 2 is 1.82 bits per heavy atom. The topological polar surface area (TPSA) is 103 Å². The molecular formula is C30H34FN5O2. The van der Waals surface area contributed by atoms with Gasteiger partial charge in [-0.2, -0.15) is 5.10 Å². The lowest BCUT2D eigenvalue weighted by Crippen LogP contribution is -2.28. The molecule has 0 aliphatic heterocycles. The van der Waals surface area contributed by atoms with E-state index in [9.17, 15) is 9.90 Å². The van der Waals surface area contributed by atoms with Crippen LogP contribution in [0.3, 0.4) is 0 Å². The maximum atomic E-state index is 15.2. The lowest BCUT2D eigenvalue weighted by atomic mass is 9.87. The van der Waals surface area contributed by atoms with Crippen LogP contribution in [-0.2, 0) is 12.0 Å². The fourth-order valence-corrected chi connectivity index (χ4v) is 4.97. The number of nitrogens with zero attached hydrogens (tertiary/aromatic N) is 2. The fraction of sp³-hybridized carbons (Fsp3) is 0.367. The van der Waals surface area contributed by atoms with Crippen molar-refractivity contribution in [2.45, 2.75) is 70.6 Å². The largest absolute Gasteiger partial charge is 0.393 e. The minimum atomic E-state index is -0.393. The first-order valence-electron chi connectivity index (χ1n) is 13.1. The highest BCUT2D eigenvalue weighted by molar-refractivity contribution is 6.00. The van der Waals surface area contributed by atoms with E-state index in [1.165, 1.54) is 6.07 Å². The number of aliphatic hydroxyl groups is 1. The molecule has 4 N–H and O–H groups in total. The summed E-state index contributed by atoms with van der Waals surface area (Å²) in [6.07, 6.45) is 4.68. The first-order valence-corrected chi connectivity index (χ1v) is 13.1. The quantitative estimate of drug-likeness (QED) is 0.264. The Morgan fingerprint density at radius 1 is 1.08 bits per heavy atom. The molecule has 0 bridgehead atoms. The second kappa shape index (κ2) is 10.5. The number of aromatic nitrogens is 3. The summed E-state index contributed by atoms with van der Waals surface area (Å²) >= 11 is 0. The molecule has 2 aromatic heterocycles. The first kappa shape index (κ1) is 25.9. The summed E-state index contributed by atoms with van der Waals surface area (Å²) in [5.74, 6) is 0.0444. The van der Waals surface area contributed by atoms with Crippen LogP contribution in [-0.4, -0.2) is 38.3 Å². The maximum absolute atomic E-state index is 15.2. The summed E-state index contributed by atoms with van der Waals surface area (Å²) in [6.45, 7) is 6.46. The van der Waals surface area contributed by atoms with Crippen LogP contribution in [0.25, 0.3) is 22.2 Å². The van der Waals surface area contributed by atoms with Gasteiger partial charge in [-0.25, -0.2) is 9.37 Å². The molecule has 1 saturated carbocycles. The van der Waals surface area contributed by atoms with E-state index in [1.807, 2.05) is 24.3 Å². The molecule has 0 saturated heterocycles. The van der Waals surface area contributed by atoms with Crippen LogP contribution in [0.4, 0.5) is 10.2 Å². The Labute approximate surface area is 221 Å². The van der Waals surface area contributed by atoms with Crippen LogP contribution in [0.15, 0.2) is 54.7 Å². The molecule has 0 radical (unpaired) electrons. The number of fused-ring (bicyclic) bond motifs is 1. The predicted molar refractivity (Wildman–Crippen MR) is 147 cm³/mol. The number of amides is 1. The van der Waals surface area contributed by atoms with Gasteiger partial charge in [-0.15, -0.1) is 0 Å². The van der Waals surface area contributed by atoms with Gasteiger partial charge in [0.25, 0.3) is 5.91 Å². The van der Waals surface area contributed by atoms with Crippen molar-refractivity contribution in [1.82, 2.24) is 20.5 Å². The molecule has 0 atom stereocenters. The summed E-state index contributed by atoms with van der Waals surface area (Å²) in [7, 11) is 0. The summed E-state index contributed by atoms with van der Waals surface area (Å²) < 4.78 is 15.2. The Morgan fingerprint density at radius 3 is 2.50 bits per heavy atom. The fourth-order valence-electron chi connectivity index (χ4n) is 4.97. The van der Waals surface area contributed by atoms with Crippen LogP contribution in [0.5, 0.6) is 0 Å². The Balaban J connectivity index is 1.31. The molecule has 8 heteroatoms. The van der Waals surface area contributed by atoms with E-state index in [0.29, 0.717) is 28.2 Å². The van der Waals surface area contributed by atoms with E-state index in [-0.39, 0.29) is 30.0 Å². The highest BCUT2D eigenvalue weighted by atomic mass is 19.1.